The molecule has 0 spiro atoms. The summed E-state index contributed by atoms with van der Waals surface area (Å²) in [6.45, 7) is 4.11. The van der Waals surface area contributed by atoms with Gasteiger partial charge in [-0.05, 0) is 37.6 Å². The van der Waals surface area contributed by atoms with Crippen molar-refractivity contribution in [3.05, 3.63) is 53.6 Å². The second kappa shape index (κ2) is 8.33. The zero-order valence-electron chi connectivity index (χ0n) is 15.4. The molecule has 140 valence electrons. The van der Waals surface area contributed by atoms with Crippen molar-refractivity contribution in [2.24, 2.45) is 0 Å². The van der Waals surface area contributed by atoms with Gasteiger partial charge in [-0.2, -0.15) is 0 Å². The summed E-state index contributed by atoms with van der Waals surface area (Å²) in [5, 5.41) is 2.75. The van der Waals surface area contributed by atoms with Crippen molar-refractivity contribution in [2.75, 3.05) is 26.0 Å². The molecule has 0 saturated heterocycles. The summed E-state index contributed by atoms with van der Waals surface area (Å²) >= 11 is 0. The average Bonchev–Trinajstić information content (AvgIpc) is 2.58. The van der Waals surface area contributed by atoms with Crippen LogP contribution in [-0.4, -0.2) is 39.3 Å². The van der Waals surface area contributed by atoms with Crippen LogP contribution in [0.1, 0.15) is 18.1 Å². The molecule has 2 rings (SSSR count). The first-order chi connectivity index (χ1) is 12.2. The maximum absolute atomic E-state index is 12.5. The van der Waals surface area contributed by atoms with Crippen molar-refractivity contribution in [1.29, 1.82) is 0 Å². The summed E-state index contributed by atoms with van der Waals surface area (Å²) in [5.41, 5.74) is 2.42. The quantitative estimate of drug-likeness (QED) is 0.806. The number of hydrogen-bond acceptors (Lipinski definition) is 4. The molecule has 0 heterocycles. The molecule has 0 aliphatic rings. The minimum atomic E-state index is -3.69. The lowest BCUT2D eigenvalue weighted by molar-refractivity contribution is -0.115. The van der Waals surface area contributed by atoms with Gasteiger partial charge in [-0.1, -0.05) is 29.8 Å². The van der Waals surface area contributed by atoms with Gasteiger partial charge in [-0.3, -0.25) is 4.79 Å². The Bertz CT molecular complexity index is 875. The van der Waals surface area contributed by atoms with Gasteiger partial charge in [-0.15, -0.1) is 0 Å². The number of rotatable bonds is 7. The first-order valence-corrected chi connectivity index (χ1v) is 9.73. The second-order valence-corrected chi connectivity index (χ2v) is 8.21. The number of aryl methyl sites for hydroxylation is 1. The molecule has 0 unspecified atom stereocenters. The molecule has 0 saturated carbocycles. The number of carbonyl (C=O) groups excluding carboxylic acids is 1. The Hall–Kier alpha value is -2.38. The molecule has 7 heteroatoms. The van der Waals surface area contributed by atoms with Gasteiger partial charge in [-0.25, -0.2) is 12.7 Å². The number of sulfonamides is 1. The van der Waals surface area contributed by atoms with Crippen LogP contribution in [0.25, 0.3) is 0 Å². The van der Waals surface area contributed by atoms with Crippen LogP contribution in [0.3, 0.4) is 0 Å². The zero-order valence-corrected chi connectivity index (χ0v) is 16.3. The third-order valence-corrected chi connectivity index (χ3v) is 5.61. The van der Waals surface area contributed by atoms with Crippen LogP contribution in [0.5, 0.6) is 5.75 Å². The number of anilines is 1. The fraction of sp³-hybridized carbons (Fsp3) is 0.316. The van der Waals surface area contributed by atoms with E-state index >= 15 is 0 Å². The Morgan fingerprint density at radius 1 is 1.12 bits per heavy atom. The van der Waals surface area contributed by atoms with Crippen LogP contribution in [0.15, 0.2) is 47.4 Å². The molecule has 0 radical (unpaired) electrons. The smallest absolute Gasteiger partial charge is 0.246 e. The minimum Gasteiger partial charge on any atom is -0.492 e. The van der Waals surface area contributed by atoms with Gasteiger partial charge in [0, 0.05) is 19.8 Å². The Balaban J connectivity index is 2.24. The third kappa shape index (κ3) is 4.83. The van der Waals surface area contributed by atoms with Crippen LogP contribution >= 0.6 is 0 Å². The van der Waals surface area contributed by atoms with E-state index in [0.29, 0.717) is 12.3 Å². The highest BCUT2D eigenvalue weighted by molar-refractivity contribution is 7.89. The lowest BCUT2D eigenvalue weighted by Gasteiger charge is -2.16. The minimum absolute atomic E-state index is 0.0254. The molecule has 1 amide bonds. The van der Waals surface area contributed by atoms with Crippen LogP contribution in [0.4, 0.5) is 5.69 Å². The van der Waals surface area contributed by atoms with E-state index in [9.17, 15) is 13.2 Å². The molecule has 0 fully saturated rings. The van der Waals surface area contributed by atoms with E-state index in [0.717, 1.165) is 15.4 Å². The van der Waals surface area contributed by atoms with E-state index in [1.807, 2.05) is 31.2 Å². The number of nitrogens with one attached hydrogen (secondary N) is 1. The molecule has 1 N–H and O–H groups in total. The molecular weight excluding hydrogens is 352 g/mol. The average molecular weight is 376 g/mol. The maximum Gasteiger partial charge on any atom is 0.246 e. The largest absolute Gasteiger partial charge is 0.492 e. The standard InChI is InChI=1S/C19H24N2O4S/c1-5-25-17-11-10-16(13-18(17)26(23,24)21(3)4)20-19(22)12-15-8-6-14(2)7-9-15/h6-11,13H,5,12H2,1-4H3,(H,20,22). The molecule has 26 heavy (non-hydrogen) atoms. The summed E-state index contributed by atoms with van der Waals surface area (Å²) in [6.07, 6.45) is 0.212. The zero-order chi connectivity index (χ0) is 19.3. The SMILES string of the molecule is CCOc1ccc(NC(=O)Cc2ccc(C)cc2)cc1S(=O)(=O)N(C)C. The summed E-state index contributed by atoms with van der Waals surface area (Å²) in [4.78, 5) is 12.3. The van der Waals surface area contributed by atoms with Gasteiger partial charge in [0.25, 0.3) is 0 Å². The van der Waals surface area contributed by atoms with E-state index in [4.69, 9.17) is 4.74 Å². The Morgan fingerprint density at radius 2 is 1.77 bits per heavy atom. The predicted octanol–water partition coefficient (Wildman–Crippen LogP) is 2.83. The van der Waals surface area contributed by atoms with Crippen molar-refractivity contribution >= 4 is 21.6 Å². The predicted molar refractivity (Wildman–Crippen MR) is 102 cm³/mol. The lowest BCUT2D eigenvalue weighted by Crippen LogP contribution is -2.23. The fourth-order valence-electron chi connectivity index (χ4n) is 2.36. The van der Waals surface area contributed by atoms with E-state index in [1.54, 1.807) is 19.1 Å². The van der Waals surface area contributed by atoms with Crippen molar-refractivity contribution < 1.29 is 17.9 Å². The van der Waals surface area contributed by atoms with Crippen LogP contribution in [0.2, 0.25) is 0 Å². The molecule has 0 aromatic heterocycles. The van der Waals surface area contributed by atoms with Crippen LogP contribution < -0.4 is 10.1 Å². The van der Waals surface area contributed by atoms with Crippen LogP contribution in [-0.2, 0) is 21.2 Å². The van der Waals surface area contributed by atoms with Crippen molar-refractivity contribution in [1.82, 2.24) is 4.31 Å². The van der Waals surface area contributed by atoms with E-state index in [1.165, 1.54) is 20.2 Å². The van der Waals surface area contributed by atoms with Gasteiger partial charge < -0.3 is 10.1 Å². The van der Waals surface area contributed by atoms with E-state index < -0.39 is 10.0 Å². The number of amides is 1. The third-order valence-electron chi connectivity index (χ3n) is 3.77. The lowest BCUT2D eigenvalue weighted by atomic mass is 10.1. The highest BCUT2D eigenvalue weighted by Crippen LogP contribution is 2.29. The number of benzene rings is 2. The maximum atomic E-state index is 12.5. The van der Waals surface area contributed by atoms with Gasteiger partial charge in [0.15, 0.2) is 0 Å². The number of hydrogen-bond donors (Lipinski definition) is 1. The molecule has 0 bridgehead atoms. The van der Waals surface area contributed by atoms with E-state index in [2.05, 4.69) is 5.32 Å². The van der Waals surface area contributed by atoms with Gasteiger partial charge in [0.1, 0.15) is 10.6 Å². The second-order valence-electron chi connectivity index (χ2n) is 6.09. The molecule has 2 aromatic carbocycles. The first kappa shape index (κ1) is 19.9. The van der Waals surface area contributed by atoms with Gasteiger partial charge >= 0.3 is 0 Å². The highest BCUT2D eigenvalue weighted by Gasteiger charge is 2.23. The Kier molecular flexibility index (Phi) is 6.39. The summed E-state index contributed by atoms with van der Waals surface area (Å²) < 4.78 is 31.6. The van der Waals surface area contributed by atoms with Crippen molar-refractivity contribution in [2.45, 2.75) is 25.2 Å². The number of nitrogens with zero attached hydrogens (tertiary/aromatic N) is 1. The molecule has 0 aliphatic heterocycles. The molecule has 6 nitrogen and oxygen atoms in total. The number of ether oxygens (including phenoxy) is 1. The Labute approximate surface area is 154 Å². The first-order valence-electron chi connectivity index (χ1n) is 8.28. The summed E-state index contributed by atoms with van der Waals surface area (Å²) in [5.74, 6) is 0.0453. The molecular formula is C19H24N2O4S. The summed E-state index contributed by atoms with van der Waals surface area (Å²) in [7, 11) is -0.790. The van der Waals surface area contributed by atoms with Gasteiger partial charge in [0.2, 0.25) is 15.9 Å². The van der Waals surface area contributed by atoms with Crippen molar-refractivity contribution in [3.8, 4) is 5.75 Å². The van der Waals surface area contributed by atoms with Crippen molar-refractivity contribution in [3.63, 3.8) is 0 Å². The number of carbonyl (C=O) groups is 1. The molecule has 0 atom stereocenters. The molecule has 2 aromatic rings. The molecule has 0 aliphatic carbocycles. The Morgan fingerprint density at radius 3 is 2.35 bits per heavy atom. The van der Waals surface area contributed by atoms with E-state index in [-0.39, 0.29) is 23.0 Å². The van der Waals surface area contributed by atoms with Gasteiger partial charge in [0.05, 0.1) is 13.0 Å². The summed E-state index contributed by atoms with van der Waals surface area (Å²) in [6, 6.07) is 12.3. The fourth-order valence-corrected chi connectivity index (χ4v) is 3.41. The highest BCUT2D eigenvalue weighted by atomic mass is 32.2. The van der Waals surface area contributed by atoms with Crippen LogP contribution in [0, 0.1) is 6.92 Å². The topological polar surface area (TPSA) is 75.7 Å². The normalized spacial score (nSPS) is 11.4. The monoisotopic (exact) mass is 376 g/mol.